The summed E-state index contributed by atoms with van der Waals surface area (Å²) in [5.41, 5.74) is 1.92. The fraction of sp³-hybridized carbons (Fsp3) is 0.652. The lowest BCUT2D eigenvalue weighted by molar-refractivity contribution is -0.135. The molecule has 2 aliphatic heterocycles. The topological polar surface area (TPSA) is 43.9 Å². The van der Waals surface area contributed by atoms with Crippen LogP contribution in [0.25, 0.3) is 0 Å². The Balaban J connectivity index is 1.25. The Bertz CT molecular complexity index is 694. The quantitative estimate of drug-likeness (QED) is 0.750. The van der Waals surface area contributed by atoms with Crippen molar-refractivity contribution < 1.29 is 9.59 Å². The Morgan fingerprint density at radius 3 is 2.25 bits per heavy atom. The van der Waals surface area contributed by atoms with Crippen molar-refractivity contribution in [1.29, 1.82) is 0 Å². The smallest absolute Gasteiger partial charge is 0.236 e. The molecule has 28 heavy (non-hydrogen) atoms. The van der Waals surface area contributed by atoms with Gasteiger partial charge in [0.05, 0.1) is 6.54 Å². The molecule has 3 aliphatic rings. The fourth-order valence-electron chi connectivity index (χ4n) is 5.19. The molecule has 1 aliphatic carbocycles. The Morgan fingerprint density at radius 2 is 1.57 bits per heavy atom. The molecule has 4 rings (SSSR count). The number of piperidine rings is 1. The van der Waals surface area contributed by atoms with E-state index in [1.165, 1.54) is 32.1 Å². The van der Waals surface area contributed by atoms with E-state index in [1.54, 1.807) is 6.92 Å². The number of ketones is 1. The molecule has 0 spiro atoms. The summed E-state index contributed by atoms with van der Waals surface area (Å²) in [7, 11) is 0. The van der Waals surface area contributed by atoms with Gasteiger partial charge in [-0.1, -0.05) is 19.3 Å². The maximum absolute atomic E-state index is 12.8. The second-order valence-electron chi connectivity index (χ2n) is 8.80. The normalized spacial score (nSPS) is 26.0. The van der Waals surface area contributed by atoms with E-state index in [2.05, 4.69) is 14.7 Å². The molecular formula is C23H33N3O2. The Kier molecular flexibility index (Phi) is 6.00. The third-order valence-corrected chi connectivity index (χ3v) is 7.01. The number of hydrogen-bond acceptors (Lipinski definition) is 4. The van der Waals surface area contributed by atoms with E-state index in [4.69, 9.17) is 0 Å². The van der Waals surface area contributed by atoms with Crippen LogP contribution in [0.3, 0.4) is 0 Å². The average molecular weight is 384 g/mol. The highest BCUT2D eigenvalue weighted by Crippen LogP contribution is 2.36. The molecule has 0 unspecified atom stereocenters. The summed E-state index contributed by atoms with van der Waals surface area (Å²) in [5, 5.41) is 0. The van der Waals surface area contributed by atoms with E-state index in [0.29, 0.717) is 12.5 Å². The first-order valence-electron chi connectivity index (χ1n) is 11.0. The number of anilines is 1. The van der Waals surface area contributed by atoms with E-state index in [9.17, 15) is 9.59 Å². The molecule has 2 saturated heterocycles. The molecule has 1 amide bonds. The lowest BCUT2D eigenvalue weighted by Gasteiger charge is -2.42. The predicted octanol–water partition coefficient (Wildman–Crippen LogP) is 3.05. The summed E-state index contributed by atoms with van der Waals surface area (Å²) < 4.78 is 0. The lowest BCUT2D eigenvalue weighted by atomic mass is 9.75. The molecular weight excluding hydrogens is 350 g/mol. The summed E-state index contributed by atoms with van der Waals surface area (Å²) in [6.07, 6.45) is 6.63. The van der Waals surface area contributed by atoms with Crippen LogP contribution in [0.5, 0.6) is 0 Å². The minimum atomic E-state index is 0.104. The molecule has 3 fully saturated rings. The second-order valence-corrected chi connectivity index (χ2v) is 8.80. The Labute approximate surface area is 168 Å². The van der Waals surface area contributed by atoms with Crippen molar-refractivity contribution in [3.63, 3.8) is 0 Å². The van der Waals surface area contributed by atoms with Crippen molar-refractivity contribution in [3.8, 4) is 0 Å². The first-order chi connectivity index (χ1) is 13.6. The van der Waals surface area contributed by atoms with Gasteiger partial charge in [-0.3, -0.25) is 14.5 Å². The van der Waals surface area contributed by atoms with Crippen LogP contribution in [0.15, 0.2) is 24.3 Å². The van der Waals surface area contributed by atoms with E-state index in [0.717, 1.165) is 62.4 Å². The zero-order chi connectivity index (χ0) is 19.5. The molecule has 1 saturated carbocycles. The van der Waals surface area contributed by atoms with Crippen LogP contribution in [-0.4, -0.2) is 67.3 Å². The number of benzene rings is 1. The van der Waals surface area contributed by atoms with Crippen molar-refractivity contribution in [1.82, 2.24) is 9.80 Å². The number of fused-ring (bicyclic) bond motifs is 1. The van der Waals surface area contributed by atoms with Crippen molar-refractivity contribution in [3.05, 3.63) is 29.8 Å². The monoisotopic (exact) mass is 383 g/mol. The SMILES string of the molecule is CC(=O)c1ccc(N2CCN(CC(=O)N3CC[C@@H]4CCCC[C@H]4C3)CC2)cc1. The van der Waals surface area contributed by atoms with Crippen molar-refractivity contribution in [2.45, 2.75) is 39.0 Å². The summed E-state index contributed by atoms with van der Waals surface area (Å²) in [5.74, 6) is 2.05. The maximum atomic E-state index is 12.8. The zero-order valence-corrected chi connectivity index (χ0v) is 17.1. The lowest BCUT2D eigenvalue weighted by Crippen LogP contribution is -2.52. The molecule has 5 nitrogen and oxygen atoms in total. The minimum absolute atomic E-state index is 0.104. The van der Waals surface area contributed by atoms with E-state index in [-0.39, 0.29) is 5.78 Å². The third kappa shape index (κ3) is 4.40. The van der Waals surface area contributed by atoms with Gasteiger partial charge in [-0.05, 0) is 55.9 Å². The van der Waals surface area contributed by atoms with Gasteiger partial charge in [-0.2, -0.15) is 0 Å². The van der Waals surface area contributed by atoms with Crippen molar-refractivity contribution >= 4 is 17.4 Å². The highest BCUT2D eigenvalue weighted by atomic mass is 16.2. The molecule has 5 heteroatoms. The number of carbonyl (C=O) groups is 2. The summed E-state index contributed by atoms with van der Waals surface area (Å²) >= 11 is 0. The first-order valence-corrected chi connectivity index (χ1v) is 11.0. The van der Waals surface area contributed by atoms with Gasteiger partial charge in [-0.15, -0.1) is 0 Å². The van der Waals surface area contributed by atoms with E-state index in [1.807, 2.05) is 24.3 Å². The van der Waals surface area contributed by atoms with Crippen LogP contribution < -0.4 is 4.90 Å². The van der Waals surface area contributed by atoms with Gasteiger partial charge in [0, 0.05) is 50.5 Å². The van der Waals surface area contributed by atoms with Gasteiger partial charge in [0.15, 0.2) is 5.78 Å². The second kappa shape index (κ2) is 8.64. The van der Waals surface area contributed by atoms with Crippen LogP contribution in [0.4, 0.5) is 5.69 Å². The highest BCUT2D eigenvalue weighted by Gasteiger charge is 2.33. The summed E-state index contributed by atoms with van der Waals surface area (Å²) in [6, 6.07) is 7.88. The van der Waals surface area contributed by atoms with Crippen LogP contribution >= 0.6 is 0 Å². The standard InChI is InChI=1S/C23H33N3O2/c1-18(27)19-6-8-22(9-7-19)25-14-12-24(13-15-25)17-23(28)26-11-10-20-4-2-3-5-21(20)16-26/h6-9,20-21H,2-5,10-17H2,1H3/t20-,21-/m0/s1. The molecule has 1 aromatic rings. The Morgan fingerprint density at radius 1 is 0.893 bits per heavy atom. The van der Waals surface area contributed by atoms with Gasteiger partial charge in [0.2, 0.25) is 5.91 Å². The van der Waals surface area contributed by atoms with Crippen molar-refractivity contribution in [2.75, 3.05) is 50.7 Å². The number of likely N-dealkylation sites (tertiary alicyclic amines) is 1. The van der Waals surface area contributed by atoms with Crippen LogP contribution in [0, 0.1) is 11.8 Å². The van der Waals surface area contributed by atoms with Crippen LogP contribution in [0.2, 0.25) is 0 Å². The molecule has 0 bridgehead atoms. The molecule has 2 atom stereocenters. The van der Waals surface area contributed by atoms with Crippen LogP contribution in [0.1, 0.15) is 49.4 Å². The number of nitrogens with zero attached hydrogens (tertiary/aromatic N) is 3. The van der Waals surface area contributed by atoms with Crippen LogP contribution in [-0.2, 0) is 4.79 Å². The summed E-state index contributed by atoms with van der Waals surface area (Å²) in [6.45, 7) is 7.81. The molecule has 0 aromatic heterocycles. The molecule has 1 aromatic carbocycles. The molecule has 0 N–H and O–H groups in total. The highest BCUT2D eigenvalue weighted by molar-refractivity contribution is 5.94. The fourth-order valence-corrected chi connectivity index (χ4v) is 5.19. The van der Waals surface area contributed by atoms with E-state index < -0.39 is 0 Å². The number of rotatable bonds is 4. The number of amides is 1. The third-order valence-electron chi connectivity index (χ3n) is 7.01. The average Bonchev–Trinajstić information content (AvgIpc) is 2.74. The zero-order valence-electron chi connectivity index (χ0n) is 17.1. The molecule has 0 radical (unpaired) electrons. The van der Waals surface area contributed by atoms with Gasteiger partial charge in [0.25, 0.3) is 0 Å². The summed E-state index contributed by atoms with van der Waals surface area (Å²) in [4.78, 5) is 31.0. The largest absolute Gasteiger partial charge is 0.369 e. The number of hydrogen-bond donors (Lipinski definition) is 0. The number of piperazine rings is 1. The minimum Gasteiger partial charge on any atom is -0.369 e. The number of carbonyl (C=O) groups excluding carboxylic acids is 2. The first kappa shape index (κ1) is 19.4. The predicted molar refractivity (Wildman–Crippen MR) is 112 cm³/mol. The van der Waals surface area contributed by atoms with Gasteiger partial charge < -0.3 is 9.80 Å². The molecule has 2 heterocycles. The van der Waals surface area contributed by atoms with Gasteiger partial charge in [0.1, 0.15) is 0 Å². The van der Waals surface area contributed by atoms with Gasteiger partial charge >= 0.3 is 0 Å². The molecule has 152 valence electrons. The van der Waals surface area contributed by atoms with Crippen molar-refractivity contribution in [2.24, 2.45) is 11.8 Å². The number of Topliss-reactive ketones (excluding diaryl/α,β-unsaturated/α-hetero) is 1. The maximum Gasteiger partial charge on any atom is 0.236 e. The van der Waals surface area contributed by atoms with E-state index >= 15 is 0 Å². The van der Waals surface area contributed by atoms with Gasteiger partial charge in [-0.25, -0.2) is 0 Å². The Hall–Kier alpha value is -1.88.